The first-order valence-corrected chi connectivity index (χ1v) is 11.7. The number of benzene rings is 1. The van der Waals surface area contributed by atoms with Crippen molar-refractivity contribution in [2.45, 2.75) is 51.4 Å². The van der Waals surface area contributed by atoms with Crippen LogP contribution in [0.3, 0.4) is 0 Å². The number of rotatable bonds is 17. The zero-order valence-corrected chi connectivity index (χ0v) is 19.2. The van der Waals surface area contributed by atoms with Crippen LogP contribution in [0.5, 0.6) is 5.75 Å². The lowest BCUT2D eigenvalue weighted by molar-refractivity contribution is 0.126. The van der Waals surface area contributed by atoms with Crippen LogP contribution in [0.2, 0.25) is 0 Å². The van der Waals surface area contributed by atoms with Crippen LogP contribution in [-0.2, 0) is 11.2 Å². The highest BCUT2D eigenvalue weighted by atomic mass is 16.5. The standard InChI is InChI=1S/C26H41NO4/c1-30-25-13-11-23(12-14-25)9-4-7-18-31-17-6-3-2-5-16-27-21-26(22-29)15-8-10-24(19-26)20-28/h8,10-15,27-29H,2-7,9,16-22H2,1H3. The molecule has 1 aromatic carbocycles. The first-order valence-electron chi connectivity index (χ1n) is 11.7. The van der Waals surface area contributed by atoms with Gasteiger partial charge in [0.2, 0.25) is 0 Å². The van der Waals surface area contributed by atoms with Crippen molar-refractivity contribution < 1.29 is 19.7 Å². The van der Waals surface area contributed by atoms with Crippen LogP contribution >= 0.6 is 0 Å². The average Bonchev–Trinajstić information content (AvgIpc) is 2.82. The second kappa shape index (κ2) is 15.2. The fourth-order valence-corrected chi connectivity index (χ4v) is 3.93. The first kappa shape index (κ1) is 25.6. The Morgan fingerprint density at radius 1 is 0.968 bits per heavy atom. The predicted molar refractivity (Wildman–Crippen MR) is 127 cm³/mol. The van der Waals surface area contributed by atoms with Crippen molar-refractivity contribution in [3.05, 3.63) is 53.6 Å². The van der Waals surface area contributed by atoms with E-state index in [1.54, 1.807) is 7.11 Å². The molecule has 0 saturated heterocycles. The van der Waals surface area contributed by atoms with E-state index in [0.29, 0.717) is 0 Å². The van der Waals surface area contributed by atoms with E-state index in [4.69, 9.17) is 9.47 Å². The molecule has 1 aromatic rings. The highest BCUT2D eigenvalue weighted by Crippen LogP contribution is 2.30. The molecule has 0 radical (unpaired) electrons. The summed E-state index contributed by atoms with van der Waals surface area (Å²) in [5.74, 6) is 0.910. The molecule has 1 aliphatic carbocycles. The minimum Gasteiger partial charge on any atom is -0.497 e. The third kappa shape index (κ3) is 10.0. The summed E-state index contributed by atoms with van der Waals surface area (Å²) >= 11 is 0. The fraction of sp³-hybridized carbons (Fsp3) is 0.615. The summed E-state index contributed by atoms with van der Waals surface area (Å²) in [6.07, 6.45) is 14.7. The molecule has 31 heavy (non-hydrogen) atoms. The molecule has 0 amide bonds. The molecule has 3 N–H and O–H groups in total. The third-order valence-electron chi connectivity index (χ3n) is 5.91. The monoisotopic (exact) mass is 431 g/mol. The number of methoxy groups -OCH3 is 1. The van der Waals surface area contributed by atoms with Gasteiger partial charge in [-0.25, -0.2) is 0 Å². The van der Waals surface area contributed by atoms with Crippen molar-refractivity contribution in [1.29, 1.82) is 0 Å². The molecule has 1 atom stereocenters. The minimum atomic E-state index is -0.270. The molecule has 1 aliphatic rings. The van der Waals surface area contributed by atoms with Gasteiger partial charge in [-0.15, -0.1) is 0 Å². The van der Waals surface area contributed by atoms with Crippen LogP contribution in [0.1, 0.15) is 50.5 Å². The van der Waals surface area contributed by atoms with E-state index in [2.05, 4.69) is 23.5 Å². The molecule has 0 spiro atoms. The van der Waals surface area contributed by atoms with E-state index in [0.717, 1.165) is 76.2 Å². The topological polar surface area (TPSA) is 71.0 Å². The van der Waals surface area contributed by atoms with E-state index in [1.807, 2.05) is 24.3 Å². The molecule has 0 aromatic heterocycles. The predicted octanol–water partition coefficient (Wildman–Crippen LogP) is 4.04. The van der Waals surface area contributed by atoms with Gasteiger partial charge >= 0.3 is 0 Å². The van der Waals surface area contributed by atoms with Crippen molar-refractivity contribution >= 4 is 0 Å². The number of aliphatic hydroxyl groups is 2. The summed E-state index contributed by atoms with van der Waals surface area (Å²) in [4.78, 5) is 0. The Labute approximate surface area is 188 Å². The Balaban J connectivity index is 1.39. The summed E-state index contributed by atoms with van der Waals surface area (Å²) in [6, 6.07) is 8.30. The van der Waals surface area contributed by atoms with E-state index in [-0.39, 0.29) is 18.6 Å². The van der Waals surface area contributed by atoms with Crippen molar-refractivity contribution in [2.75, 3.05) is 46.6 Å². The molecule has 1 unspecified atom stereocenters. The molecule has 5 heteroatoms. The van der Waals surface area contributed by atoms with Crippen molar-refractivity contribution in [3.63, 3.8) is 0 Å². The summed E-state index contributed by atoms with van der Waals surface area (Å²) < 4.78 is 10.9. The maximum Gasteiger partial charge on any atom is 0.118 e. The van der Waals surface area contributed by atoms with Gasteiger partial charge in [0.25, 0.3) is 0 Å². The van der Waals surface area contributed by atoms with Crippen LogP contribution in [0.15, 0.2) is 48.1 Å². The highest BCUT2D eigenvalue weighted by Gasteiger charge is 2.28. The van der Waals surface area contributed by atoms with Crippen LogP contribution in [0.25, 0.3) is 0 Å². The maximum absolute atomic E-state index is 9.79. The average molecular weight is 432 g/mol. The Morgan fingerprint density at radius 3 is 2.42 bits per heavy atom. The highest BCUT2D eigenvalue weighted by molar-refractivity contribution is 5.27. The number of hydrogen-bond acceptors (Lipinski definition) is 5. The van der Waals surface area contributed by atoms with Gasteiger partial charge in [0.15, 0.2) is 0 Å². The van der Waals surface area contributed by atoms with Gasteiger partial charge in [-0.05, 0) is 68.3 Å². The van der Waals surface area contributed by atoms with Crippen molar-refractivity contribution in [2.24, 2.45) is 5.41 Å². The SMILES string of the molecule is COc1ccc(CCCCOCCCCCCNCC2(CO)C=CC=C(CO)C2)cc1. The lowest BCUT2D eigenvalue weighted by Gasteiger charge is -2.32. The van der Waals surface area contributed by atoms with E-state index in [1.165, 1.54) is 18.4 Å². The lowest BCUT2D eigenvalue weighted by Crippen LogP contribution is -2.37. The van der Waals surface area contributed by atoms with E-state index < -0.39 is 0 Å². The Kier molecular flexibility index (Phi) is 12.5. The number of ether oxygens (including phenoxy) is 2. The lowest BCUT2D eigenvalue weighted by atomic mass is 9.79. The quantitative estimate of drug-likeness (QED) is 0.325. The van der Waals surface area contributed by atoms with Gasteiger partial charge in [-0.1, -0.05) is 43.2 Å². The van der Waals surface area contributed by atoms with Gasteiger partial charge < -0.3 is 25.0 Å². The second-order valence-corrected chi connectivity index (χ2v) is 8.55. The molecule has 2 rings (SSSR count). The summed E-state index contributed by atoms with van der Waals surface area (Å²) in [5, 5.41) is 22.6. The van der Waals surface area contributed by atoms with Crippen LogP contribution in [0, 0.1) is 5.41 Å². The number of aliphatic hydroxyl groups excluding tert-OH is 2. The second-order valence-electron chi connectivity index (χ2n) is 8.55. The molecule has 0 heterocycles. The minimum absolute atomic E-state index is 0.0663. The van der Waals surface area contributed by atoms with E-state index >= 15 is 0 Å². The Hall–Kier alpha value is -1.66. The molecule has 5 nitrogen and oxygen atoms in total. The van der Waals surface area contributed by atoms with Gasteiger partial charge in [0.1, 0.15) is 5.75 Å². The number of allylic oxidation sites excluding steroid dienone is 2. The maximum atomic E-state index is 9.79. The first-order chi connectivity index (χ1) is 15.2. The van der Waals surface area contributed by atoms with Gasteiger partial charge in [0, 0.05) is 25.2 Å². The molecular formula is C26H41NO4. The Morgan fingerprint density at radius 2 is 1.71 bits per heavy atom. The van der Waals surface area contributed by atoms with Crippen LogP contribution in [-0.4, -0.2) is 56.8 Å². The van der Waals surface area contributed by atoms with Crippen molar-refractivity contribution in [1.82, 2.24) is 5.32 Å². The zero-order chi connectivity index (χ0) is 22.2. The summed E-state index contributed by atoms with van der Waals surface area (Å²) in [7, 11) is 1.69. The fourth-order valence-electron chi connectivity index (χ4n) is 3.93. The van der Waals surface area contributed by atoms with Crippen molar-refractivity contribution in [3.8, 4) is 5.75 Å². The number of aryl methyl sites for hydroxylation is 1. The summed E-state index contributed by atoms with van der Waals surface area (Å²) in [5.41, 5.74) is 2.07. The smallest absolute Gasteiger partial charge is 0.118 e. The normalized spacial score (nSPS) is 18.2. The number of nitrogens with one attached hydrogen (secondary N) is 1. The molecular weight excluding hydrogens is 390 g/mol. The molecule has 0 bridgehead atoms. The molecule has 174 valence electrons. The number of hydrogen-bond donors (Lipinski definition) is 3. The molecule has 0 saturated carbocycles. The van der Waals surface area contributed by atoms with Crippen LogP contribution in [0.4, 0.5) is 0 Å². The van der Waals surface area contributed by atoms with Gasteiger partial charge in [0.05, 0.1) is 20.3 Å². The number of unbranched alkanes of at least 4 members (excludes halogenated alkanes) is 4. The summed E-state index contributed by atoms with van der Waals surface area (Å²) in [6.45, 7) is 3.57. The van der Waals surface area contributed by atoms with Gasteiger partial charge in [-0.3, -0.25) is 0 Å². The van der Waals surface area contributed by atoms with E-state index in [9.17, 15) is 10.2 Å². The largest absolute Gasteiger partial charge is 0.497 e. The third-order valence-corrected chi connectivity index (χ3v) is 5.91. The van der Waals surface area contributed by atoms with Gasteiger partial charge in [-0.2, -0.15) is 0 Å². The molecule has 0 fully saturated rings. The van der Waals surface area contributed by atoms with Crippen LogP contribution < -0.4 is 10.1 Å². The Bertz CT molecular complexity index is 656. The zero-order valence-electron chi connectivity index (χ0n) is 19.2. The molecule has 0 aliphatic heterocycles.